The molecule has 0 saturated carbocycles. The number of hydrogen-bond acceptors (Lipinski definition) is 5. The first-order valence-corrected chi connectivity index (χ1v) is 9.53. The van der Waals surface area contributed by atoms with Crippen molar-refractivity contribution in [2.45, 2.75) is 33.0 Å². The van der Waals surface area contributed by atoms with Crippen LogP contribution in [0.3, 0.4) is 0 Å². The standard InChI is InChI=1S/C22H24N2O4/c1-15-21(16(2)28-23-15)13-26-20-9-10-24(12-20)22(25)14-27-19-8-7-17-5-3-4-6-18(17)11-19/h3-8,11,20H,9-10,12-14H2,1-2H3. The van der Waals surface area contributed by atoms with Gasteiger partial charge in [-0.2, -0.15) is 0 Å². The van der Waals surface area contributed by atoms with Gasteiger partial charge in [0, 0.05) is 18.7 Å². The van der Waals surface area contributed by atoms with Crippen molar-refractivity contribution in [3.05, 3.63) is 59.5 Å². The summed E-state index contributed by atoms with van der Waals surface area (Å²) >= 11 is 0. The number of ether oxygens (including phenoxy) is 2. The predicted molar refractivity (Wildman–Crippen MR) is 105 cm³/mol. The molecule has 4 rings (SSSR count). The zero-order valence-corrected chi connectivity index (χ0v) is 16.2. The highest BCUT2D eigenvalue weighted by Gasteiger charge is 2.27. The van der Waals surface area contributed by atoms with Gasteiger partial charge in [-0.15, -0.1) is 0 Å². The minimum absolute atomic E-state index is 0.0170. The lowest BCUT2D eigenvalue weighted by Gasteiger charge is -2.17. The lowest BCUT2D eigenvalue weighted by molar-refractivity contribution is -0.132. The number of fused-ring (bicyclic) bond motifs is 1. The summed E-state index contributed by atoms with van der Waals surface area (Å²) < 4.78 is 16.8. The molecule has 1 aliphatic heterocycles. The zero-order valence-electron chi connectivity index (χ0n) is 16.2. The Morgan fingerprint density at radius 1 is 1.21 bits per heavy atom. The number of aromatic nitrogens is 1. The van der Waals surface area contributed by atoms with E-state index in [4.69, 9.17) is 14.0 Å². The van der Waals surface area contributed by atoms with E-state index in [2.05, 4.69) is 11.2 Å². The van der Waals surface area contributed by atoms with Crippen LogP contribution in [0.4, 0.5) is 0 Å². The largest absolute Gasteiger partial charge is 0.484 e. The summed E-state index contributed by atoms with van der Waals surface area (Å²) in [5, 5.41) is 6.19. The van der Waals surface area contributed by atoms with Gasteiger partial charge in [-0.3, -0.25) is 4.79 Å². The number of hydrogen-bond donors (Lipinski definition) is 0. The molecule has 6 heteroatoms. The fourth-order valence-electron chi connectivity index (χ4n) is 3.49. The molecule has 1 aromatic heterocycles. The Hall–Kier alpha value is -2.86. The van der Waals surface area contributed by atoms with Gasteiger partial charge in [0.05, 0.1) is 18.4 Å². The quantitative estimate of drug-likeness (QED) is 0.653. The SMILES string of the molecule is Cc1noc(C)c1COC1CCN(C(=O)COc2ccc3ccccc3c2)C1. The zero-order chi connectivity index (χ0) is 19.5. The molecule has 0 N–H and O–H groups in total. The lowest BCUT2D eigenvalue weighted by Crippen LogP contribution is -2.34. The van der Waals surface area contributed by atoms with Gasteiger partial charge in [-0.25, -0.2) is 0 Å². The molecule has 146 valence electrons. The highest BCUT2D eigenvalue weighted by atomic mass is 16.5. The fourth-order valence-corrected chi connectivity index (χ4v) is 3.49. The van der Waals surface area contributed by atoms with Gasteiger partial charge in [-0.05, 0) is 43.2 Å². The van der Waals surface area contributed by atoms with Crippen LogP contribution in [0, 0.1) is 13.8 Å². The van der Waals surface area contributed by atoms with E-state index in [1.54, 1.807) is 4.90 Å². The predicted octanol–water partition coefficient (Wildman–Crippen LogP) is 3.64. The van der Waals surface area contributed by atoms with Crippen LogP contribution in [0.25, 0.3) is 10.8 Å². The Kier molecular flexibility index (Phi) is 5.30. The van der Waals surface area contributed by atoms with Crippen LogP contribution in [0.5, 0.6) is 5.75 Å². The van der Waals surface area contributed by atoms with Crippen LogP contribution in [0.1, 0.15) is 23.4 Å². The summed E-state index contributed by atoms with van der Waals surface area (Å²) in [6.07, 6.45) is 0.851. The summed E-state index contributed by atoms with van der Waals surface area (Å²) in [6, 6.07) is 13.9. The van der Waals surface area contributed by atoms with Crippen molar-refractivity contribution in [1.82, 2.24) is 10.1 Å². The molecular formula is C22H24N2O4. The Labute approximate surface area is 164 Å². The number of nitrogens with zero attached hydrogens (tertiary/aromatic N) is 2. The number of carbonyl (C=O) groups excluding carboxylic acids is 1. The van der Waals surface area contributed by atoms with Crippen LogP contribution < -0.4 is 4.74 Å². The molecule has 1 unspecified atom stereocenters. The molecule has 0 aliphatic carbocycles. The third-order valence-corrected chi connectivity index (χ3v) is 5.23. The molecule has 1 aliphatic rings. The normalized spacial score (nSPS) is 16.6. The van der Waals surface area contributed by atoms with Gasteiger partial charge in [0.25, 0.3) is 5.91 Å². The average Bonchev–Trinajstić information content (AvgIpc) is 3.31. The molecule has 0 spiro atoms. The van der Waals surface area contributed by atoms with E-state index in [-0.39, 0.29) is 18.6 Å². The van der Waals surface area contributed by atoms with Gasteiger partial charge in [0.1, 0.15) is 11.5 Å². The van der Waals surface area contributed by atoms with E-state index in [1.807, 2.05) is 50.2 Å². The third kappa shape index (κ3) is 4.02. The topological polar surface area (TPSA) is 64.8 Å². The average molecular weight is 380 g/mol. The first-order chi connectivity index (χ1) is 13.6. The van der Waals surface area contributed by atoms with E-state index in [9.17, 15) is 4.79 Å². The molecular weight excluding hydrogens is 356 g/mol. The van der Waals surface area contributed by atoms with Gasteiger partial charge in [0.15, 0.2) is 6.61 Å². The number of aryl methyl sites for hydroxylation is 2. The fraction of sp³-hybridized carbons (Fsp3) is 0.364. The second-order valence-corrected chi connectivity index (χ2v) is 7.16. The monoisotopic (exact) mass is 380 g/mol. The molecule has 0 bridgehead atoms. The van der Waals surface area contributed by atoms with Crippen LogP contribution in [-0.2, 0) is 16.1 Å². The molecule has 1 saturated heterocycles. The maximum atomic E-state index is 12.5. The van der Waals surface area contributed by atoms with Gasteiger partial charge in [-0.1, -0.05) is 35.5 Å². The molecule has 0 radical (unpaired) electrons. The van der Waals surface area contributed by atoms with E-state index >= 15 is 0 Å². The van der Waals surface area contributed by atoms with Crippen molar-refractivity contribution >= 4 is 16.7 Å². The van der Waals surface area contributed by atoms with Crippen molar-refractivity contribution in [2.75, 3.05) is 19.7 Å². The second kappa shape index (κ2) is 8.02. The first kappa shape index (κ1) is 18.5. The molecule has 2 aromatic carbocycles. The summed E-state index contributed by atoms with van der Waals surface area (Å²) in [5.41, 5.74) is 1.84. The van der Waals surface area contributed by atoms with Crippen LogP contribution in [0.2, 0.25) is 0 Å². The Morgan fingerprint density at radius 3 is 2.82 bits per heavy atom. The van der Waals surface area contributed by atoms with Crippen LogP contribution in [-0.4, -0.2) is 41.8 Å². The minimum atomic E-state index is -0.0170. The van der Waals surface area contributed by atoms with Crippen LogP contribution >= 0.6 is 0 Å². The smallest absolute Gasteiger partial charge is 0.260 e. The number of benzene rings is 2. The van der Waals surface area contributed by atoms with Crippen molar-refractivity contribution in [1.29, 1.82) is 0 Å². The highest BCUT2D eigenvalue weighted by molar-refractivity contribution is 5.84. The molecule has 6 nitrogen and oxygen atoms in total. The summed E-state index contributed by atoms with van der Waals surface area (Å²) in [5.74, 6) is 1.47. The Morgan fingerprint density at radius 2 is 2.04 bits per heavy atom. The molecule has 1 fully saturated rings. The van der Waals surface area contributed by atoms with Crippen molar-refractivity contribution in [2.24, 2.45) is 0 Å². The molecule has 3 aromatic rings. The highest BCUT2D eigenvalue weighted by Crippen LogP contribution is 2.21. The molecule has 1 atom stereocenters. The van der Waals surface area contributed by atoms with Crippen molar-refractivity contribution in [3.63, 3.8) is 0 Å². The maximum absolute atomic E-state index is 12.5. The molecule has 1 amide bonds. The van der Waals surface area contributed by atoms with E-state index in [0.29, 0.717) is 25.4 Å². The number of carbonyl (C=O) groups is 1. The van der Waals surface area contributed by atoms with E-state index in [0.717, 1.165) is 34.2 Å². The maximum Gasteiger partial charge on any atom is 0.260 e. The van der Waals surface area contributed by atoms with E-state index in [1.165, 1.54) is 0 Å². The Balaban J connectivity index is 1.27. The van der Waals surface area contributed by atoms with Crippen molar-refractivity contribution in [3.8, 4) is 5.75 Å². The third-order valence-electron chi connectivity index (χ3n) is 5.23. The van der Waals surface area contributed by atoms with Crippen molar-refractivity contribution < 1.29 is 18.8 Å². The van der Waals surface area contributed by atoms with Gasteiger partial charge >= 0.3 is 0 Å². The summed E-state index contributed by atoms with van der Waals surface area (Å²) in [7, 11) is 0. The summed E-state index contributed by atoms with van der Waals surface area (Å²) in [6.45, 7) is 5.56. The number of rotatable bonds is 6. The molecule has 2 heterocycles. The summed E-state index contributed by atoms with van der Waals surface area (Å²) in [4.78, 5) is 14.3. The number of amides is 1. The second-order valence-electron chi connectivity index (χ2n) is 7.16. The first-order valence-electron chi connectivity index (χ1n) is 9.53. The lowest BCUT2D eigenvalue weighted by atomic mass is 10.1. The molecule has 28 heavy (non-hydrogen) atoms. The van der Waals surface area contributed by atoms with Gasteiger partial charge in [0.2, 0.25) is 0 Å². The minimum Gasteiger partial charge on any atom is -0.484 e. The van der Waals surface area contributed by atoms with Gasteiger partial charge < -0.3 is 18.9 Å². The van der Waals surface area contributed by atoms with Crippen LogP contribution in [0.15, 0.2) is 47.0 Å². The number of likely N-dealkylation sites (tertiary alicyclic amines) is 1. The van der Waals surface area contributed by atoms with E-state index < -0.39 is 0 Å². The Bertz CT molecular complexity index is 962.